The van der Waals surface area contributed by atoms with Gasteiger partial charge in [-0.05, 0) is 38.2 Å². The first-order valence-electron chi connectivity index (χ1n) is 7.52. The van der Waals surface area contributed by atoms with Gasteiger partial charge in [0.2, 0.25) is 0 Å². The van der Waals surface area contributed by atoms with Crippen LogP contribution in [0.4, 0.5) is 0 Å². The second-order valence-corrected chi connectivity index (χ2v) is 6.01. The summed E-state index contributed by atoms with van der Waals surface area (Å²) in [7, 11) is 0. The quantitative estimate of drug-likeness (QED) is 0.777. The SMILES string of the molecule is Cc1ccccc1C(=O)C1CCOC2(CCOCC2)C1. The second kappa shape index (κ2) is 5.66. The molecule has 2 saturated heterocycles. The molecule has 3 nitrogen and oxygen atoms in total. The zero-order chi connectivity index (χ0) is 14.0. The van der Waals surface area contributed by atoms with Crippen LogP contribution in [0.3, 0.4) is 0 Å². The fraction of sp³-hybridized carbons (Fsp3) is 0.588. The lowest BCUT2D eigenvalue weighted by molar-refractivity contribution is -0.142. The van der Waals surface area contributed by atoms with Gasteiger partial charge in [0.1, 0.15) is 0 Å². The summed E-state index contributed by atoms with van der Waals surface area (Å²) in [5, 5.41) is 0. The van der Waals surface area contributed by atoms with Crippen molar-refractivity contribution in [2.45, 2.75) is 38.2 Å². The van der Waals surface area contributed by atoms with Gasteiger partial charge in [-0.2, -0.15) is 0 Å². The first kappa shape index (κ1) is 13.8. The molecule has 1 aromatic rings. The van der Waals surface area contributed by atoms with Crippen molar-refractivity contribution < 1.29 is 14.3 Å². The van der Waals surface area contributed by atoms with Crippen LogP contribution >= 0.6 is 0 Å². The minimum absolute atomic E-state index is 0.1000. The summed E-state index contributed by atoms with van der Waals surface area (Å²) in [5.74, 6) is 0.389. The molecule has 2 heterocycles. The van der Waals surface area contributed by atoms with E-state index in [0.29, 0.717) is 6.61 Å². The number of Topliss-reactive ketones (excluding diaryl/α,β-unsaturated/α-hetero) is 1. The van der Waals surface area contributed by atoms with Crippen molar-refractivity contribution in [2.75, 3.05) is 19.8 Å². The van der Waals surface area contributed by atoms with Crippen LogP contribution in [0.2, 0.25) is 0 Å². The smallest absolute Gasteiger partial charge is 0.166 e. The van der Waals surface area contributed by atoms with Gasteiger partial charge in [0.25, 0.3) is 0 Å². The molecule has 2 fully saturated rings. The number of ketones is 1. The van der Waals surface area contributed by atoms with E-state index < -0.39 is 0 Å². The molecular formula is C17H22O3. The van der Waals surface area contributed by atoms with Crippen LogP contribution in [0.15, 0.2) is 24.3 Å². The number of carbonyl (C=O) groups excluding carboxylic acids is 1. The Hall–Kier alpha value is -1.19. The Morgan fingerprint density at radius 1 is 1.20 bits per heavy atom. The summed E-state index contributed by atoms with van der Waals surface area (Å²) in [5.41, 5.74) is 1.84. The monoisotopic (exact) mass is 274 g/mol. The van der Waals surface area contributed by atoms with Gasteiger partial charge in [0, 0.05) is 31.3 Å². The average Bonchev–Trinajstić information content (AvgIpc) is 2.48. The Bertz CT molecular complexity index is 483. The Morgan fingerprint density at radius 2 is 1.95 bits per heavy atom. The predicted molar refractivity (Wildman–Crippen MR) is 77.0 cm³/mol. The molecule has 3 rings (SSSR count). The third-order valence-corrected chi connectivity index (χ3v) is 4.68. The zero-order valence-electron chi connectivity index (χ0n) is 12.1. The summed E-state index contributed by atoms with van der Waals surface area (Å²) in [6.45, 7) is 4.22. The molecule has 20 heavy (non-hydrogen) atoms. The van der Waals surface area contributed by atoms with Crippen LogP contribution in [0.25, 0.3) is 0 Å². The van der Waals surface area contributed by atoms with Gasteiger partial charge >= 0.3 is 0 Å². The highest BCUT2D eigenvalue weighted by Gasteiger charge is 2.41. The summed E-state index contributed by atoms with van der Waals surface area (Å²) >= 11 is 0. The third kappa shape index (κ3) is 2.65. The number of carbonyl (C=O) groups is 1. The molecule has 2 aliphatic heterocycles. The second-order valence-electron chi connectivity index (χ2n) is 6.01. The Labute approximate surface area is 120 Å². The standard InChI is InChI=1S/C17H22O3/c1-13-4-2-3-5-15(13)16(18)14-6-9-20-17(12-14)7-10-19-11-8-17/h2-5,14H,6-12H2,1H3. The van der Waals surface area contributed by atoms with Crippen molar-refractivity contribution in [3.8, 4) is 0 Å². The van der Waals surface area contributed by atoms with E-state index in [-0.39, 0.29) is 17.3 Å². The van der Waals surface area contributed by atoms with E-state index >= 15 is 0 Å². The number of ether oxygens (including phenoxy) is 2. The molecule has 0 aromatic heterocycles. The molecule has 0 saturated carbocycles. The van der Waals surface area contributed by atoms with Crippen molar-refractivity contribution in [3.05, 3.63) is 35.4 Å². The summed E-state index contributed by atoms with van der Waals surface area (Å²) < 4.78 is 11.5. The lowest BCUT2D eigenvalue weighted by Gasteiger charge is -2.43. The fourth-order valence-corrected chi connectivity index (χ4v) is 3.41. The Morgan fingerprint density at radius 3 is 2.70 bits per heavy atom. The molecule has 0 radical (unpaired) electrons. The van der Waals surface area contributed by atoms with Gasteiger partial charge in [-0.3, -0.25) is 4.79 Å². The molecule has 1 aromatic carbocycles. The zero-order valence-corrected chi connectivity index (χ0v) is 12.1. The number of hydrogen-bond acceptors (Lipinski definition) is 3. The molecule has 0 aliphatic carbocycles. The Kier molecular flexibility index (Phi) is 3.90. The van der Waals surface area contributed by atoms with Crippen LogP contribution in [0.5, 0.6) is 0 Å². The molecule has 0 amide bonds. The van der Waals surface area contributed by atoms with E-state index in [9.17, 15) is 4.79 Å². The van der Waals surface area contributed by atoms with Gasteiger partial charge in [-0.1, -0.05) is 24.3 Å². The summed E-state index contributed by atoms with van der Waals surface area (Å²) in [6.07, 6.45) is 3.54. The molecule has 1 spiro atoms. The van der Waals surface area contributed by atoms with Crippen LogP contribution in [-0.2, 0) is 9.47 Å². The van der Waals surface area contributed by atoms with Crippen LogP contribution in [0.1, 0.15) is 41.6 Å². The molecule has 0 bridgehead atoms. The lowest BCUT2D eigenvalue weighted by atomic mass is 9.77. The number of aryl methyl sites for hydroxylation is 1. The highest BCUT2D eigenvalue weighted by molar-refractivity contribution is 5.99. The Balaban J connectivity index is 1.77. The van der Waals surface area contributed by atoms with E-state index in [1.807, 2.05) is 31.2 Å². The maximum atomic E-state index is 12.8. The molecule has 0 N–H and O–H groups in total. The topological polar surface area (TPSA) is 35.5 Å². The largest absolute Gasteiger partial charge is 0.381 e. The minimum atomic E-state index is -0.112. The maximum absolute atomic E-state index is 12.8. The van der Waals surface area contributed by atoms with Gasteiger partial charge in [0.15, 0.2) is 5.78 Å². The van der Waals surface area contributed by atoms with E-state index in [1.165, 1.54) is 0 Å². The van der Waals surface area contributed by atoms with Crippen molar-refractivity contribution in [2.24, 2.45) is 5.92 Å². The first-order valence-corrected chi connectivity index (χ1v) is 7.52. The highest BCUT2D eigenvalue weighted by Crippen LogP contribution is 2.38. The molecule has 108 valence electrons. The van der Waals surface area contributed by atoms with E-state index in [4.69, 9.17) is 9.47 Å². The summed E-state index contributed by atoms with van der Waals surface area (Å²) in [6, 6.07) is 7.89. The molecule has 1 atom stereocenters. The minimum Gasteiger partial charge on any atom is -0.381 e. The number of benzene rings is 1. The van der Waals surface area contributed by atoms with Gasteiger partial charge in [-0.15, -0.1) is 0 Å². The summed E-state index contributed by atoms with van der Waals surface area (Å²) in [4.78, 5) is 12.8. The molecular weight excluding hydrogens is 252 g/mol. The van der Waals surface area contributed by atoms with E-state index in [0.717, 1.165) is 50.0 Å². The molecule has 1 unspecified atom stereocenters. The van der Waals surface area contributed by atoms with Crippen LogP contribution in [-0.4, -0.2) is 31.2 Å². The van der Waals surface area contributed by atoms with Crippen LogP contribution in [0, 0.1) is 12.8 Å². The van der Waals surface area contributed by atoms with Gasteiger partial charge < -0.3 is 9.47 Å². The van der Waals surface area contributed by atoms with Crippen molar-refractivity contribution in [1.82, 2.24) is 0 Å². The average molecular weight is 274 g/mol. The van der Waals surface area contributed by atoms with Crippen molar-refractivity contribution >= 4 is 5.78 Å². The van der Waals surface area contributed by atoms with Gasteiger partial charge in [-0.25, -0.2) is 0 Å². The predicted octanol–water partition coefficient (Wildman–Crippen LogP) is 3.15. The maximum Gasteiger partial charge on any atom is 0.166 e. The lowest BCUT2D eigenvalue weighted by Crippen LogP contribution is -2.46. The fourth-order valence-electron chi connectivity index (χ4n) is 3.41. The van der Waals surface area contributed by atoms with Crippen molar-refractivity contribution in [1.29, 1.82) is 0 Å². The first-order chi connectivity index (χ1) is 9.70. The normalized spacial score (nSPS) is 25.6. The molecule has 3 heteroatoms. The number of rotatable bonds is 2. The van der Waals surface area contributed by atoms with E-state index in [2.05, 4.69) is 0 Å². The highest BCUT2D eigenvalue weighted by atomic mass is 16.5. The number of hydrogen-bond donors (Lipinski definition) is 0. The van der Waals surface area contributed by atoms with Crippen LogP contribution < -0.4 is 0 Å². The van der Waals surface area contributed by atoms with E-state index in [1.54, 1.807) is 0 Å². The van der Waals surface area contributed by atoms with Gasteiger partial charge in [0.05, 0.1) is 5.60 Å². The molecule has 2 aliphatic rings. The van der Waals surface area contributed by atoms with Crippen molar-refractivity contribution in [3.63, 3.8) is 0 Å². The third-order valence-electron chi connectivity index (χ3n) is 4.68.